The fourth-order valence-electron chi connectivity index (χ4n) is 6.35. The summed E-state index contributed by atoms with van der Waals surface area (Å²) in [7, 11) is -3.89. The van der Waals surface area contributed by atoms with Crippen LogP contribution in [-0.4, -0.2) is 96.5 Å². The number of nitrogens with zero attached hydrogens (tertiary/aromatic N) is 2. The third-order valence-corrected chi connectivity index (χ3v) is 10.9. The molecule has 6 rings (SSSR count). The van der Waals surface area contributed by atoms with Gasteiger partial charge in [-0.25, -0.2) is 18.2 Å². The van der Waals surface area contributed by atoms with Crippen LogP contribution in [-0.2, 0) is 33.9 Å². The monoisotopic (exact) mass is 697 g/mol. The van der Waals surface area contributed by atoms with Gasteiger partial charge in [0, 0.05) is 30.5 Å². The molecule has 0 radical (unpaired) electrons. The number of rotatable bonds is 6. The molecule has 0 unspecified atom stereocenters. The fourth-order valence-corrected chi connectivity index (χ4v) is 7.72. The summed E-state index contributed by atoms with van der Waals surface area (Å²) in [6.45, 7) is 5.61. The molecule has 49 heavy (non-hydrogen) atoms. The summed E-state index contributed by atoms with van der Waals surface area (Å²) in [5.41, 5.74) is -2.35. The van der Waals surface area contributed by atoms with Crippen molar-refractivity contribution in [2.45, 2.75) is 93.9 Å². The molecule has 4 aliphatic rings. The van der Waals surface area contributed by atoms with Gasteiger partial charge in [0.05, 0.1) is 18.4 Å². The zero-order chi connectivity index (χ0) is 35.0. The van der Waals surface area contributed by atoms with E-state index in [0.717, 1.165) is 10.8 Å². The highest BCUT2D eigenvalue weighted by molar-refractivity contribution is 7.91. The Hall–Kier alpha value is -4.24. The molecule has 14 nitrogen and oxygen atoms in total. The maximum atomic E-state index is 14.3. The Morgan fingerprint density at radius 2 is 1.90 bits per heavy atom. The van der Waals surface area contributed by atoms with E-state index in [2.05, 4.69) is 20.3 Å². The molecule has 2 aliphatic heterocycles. The van der Waals surface area contributed by atoms with E-state index in [-0.39, 0.29) is 39.0 Å². The third-order valence-electron chi connectivity index (χ3n) is 9.08. The van der Waals surface area contributed by atoms with E-state index < -0.39 is 74.3 Å². The number of nitrogens with one attached hydrogen (secondary N) is 3. The topological polar surface area (TPSA) is 182 Å². The summed E-state index contributed by atoms with van der Waals surface area (Å²) in [5, 5.41) is 6.54. The van der Waals surface area contributed by atoms with Gasteiger partial charge in [-0.05, 0) is 70.4 Å². The lowest BCUT2D eigenvalue weighted by molar-refractivity contribution is -0.141. The molecule has 5 atom stereocenters. The summed E-state index contributed by atoms with van der Waals surface area (Å²) >= 11 is 0. The molecule has 0 spiro atoms. The lowest BCUT2D eigenvalue weighted by Gasteiger charge is -2.30. The second-order valence-corrected chi connectivity index (χ2v) is 16.1. The molecule has 264 valence electrons. The van der Waals surface area contributed by atoms with E-state index in [1.807, 2.05) is 30.3 Å². The number of amides is 4. The summed E-state index contributed by atoms with van der Waals surface area (Å²) < 4.78 is 45.1. The number of hydrogen-bond donors (Lipinski definition) is 3. The van der Waals surface area contributed by atoms with Crippen LogP contribution in [0.15, 0.2) is 48.7 Å². The molecule has 1 aromatic carbocycles. The van der Waals surface area contributed by atoms with Gasteiger partial charge in [-0.1, -0.05) is 30.4 Å². The zero-order valence-electron chi connectivity index (χ0n) is 27.8. The molecule has 2 aromatic rings. The van der Waals surface area contributed by atoms with E-state index in [1.165, 1.54) is 4.90 Å². The Morgan fingerprint density at radius 3 is 2.65 bits per heavy atom. The number of benzene rings is 1. The van der Waals surface area contributed by atoms with Crippen LogP contribution in [0.4, 0.5) is 4.79 Å². The van der Waals surface area contributed by atoms with Crippen LogP contribution >= 0.6 is 0 Å². The van der Waals surface area contributed by atoms with Crippen LogP contribution in [0, 0.1) is 5.92 Å². The Morgan fingerprint density at radius 1 is 1.12 bits per heavy atom. The molecule has 4 amide bonds. The van der Waals surface area contributed by atoms with Crippen molar-refractivity contribution in [1.82, 2.24) is 25.2 Å². The van der Waals surface area contributed by atoms with Crippen LogP contribution in [0.1, 0.15) is 59.3 Å². The van der Waals surface area contributed by atoms with Crippen molar-refractivity contribution in [3.8, 4) is 5.88 Å². The SMILES string of the molecule is CC(C)(C)OC(=O)N[C@H]1CCCOC/C=C\[C@@H]2C[C@@]2(C(=O)NS(=O)(=O)C2CC2)NC(=O)[C@@H]2C[C@@H](Oc3nccc4ccccc34)CN2C1=O. The minimum atomic E-state index is -3.89. The first-order valence-electron chi connectivity index (χ1n) is 16.7. The summed E-state index contributed by atoms with van der Waals surface area (Å²) in [5.74, 6) is -2.13. The van der Waals surface area contributed by atoms with Crippen LogP contribution in [0.2, 0.25) is 0 Å². The number of carbonyl (C=O) groups is 4. The van der Waals surface area contributed by atoms with Gasteiger partial charge in [-0.2, -0.15) is 0 Å². The van der Waals surface area contributed by atoms with Crippen molar-refractivity contribution in [2.24, 2.45) is 5.92 Å². The highest BCUT2D eigenvalue weighted by Gasteiger charge is 2.62. The molecule has 1 aromatic heterocycles. The Bertz CT molecular complexity index is 1750. The van der Waals surface area contributed by atoms with Crippen LogP contribution in [0.3, 0.4) is 0 Å². The van der Waals surface area contributed by atoms with Gasteiger partial charge in [-0.3, -0.25) is 19.1 Å². The second-order valence-electron chi connectivity index (χ2n) is 14.1. The van der Waals surface area contributed by atoms with Gasteiger partial charge < -0.3 is 29.7 Å². The first kappa shape index (κ1) is 34.6. The number of aromatic nitrogens is 1. The highest BCUT2D eigenvalue weighted by Crippen LogP contribution is 2.46. The van der Waals surface area contributed by atoms with E-state index in [0.29, 0.717) is 25.1 Å². The maximum Gasteiger partial charge on any atom is 0.408 e. The van der Waals surface area contributed by atoms with Crippen LogP contribution in [0.25, 0.3) is 10.8 Å². The Balaban J connectivity index is 1.30. The number of pyridine rings is 1. The van der Waals surface area contributed by atoms with Gasteiger partial charge in [0.25, 0.3) is 5.91 Å². The molecular weight excluding hydrogens is 654 g/mol. The lowest BCUT2D eigenvalue weighted by atomic mass is 10.1. The van der Waals surface area contributed by atoms with Crippen molar-refractivity contribution in [2.75, 3.05) is 19.8 Å². The van der Waals surface area contributed by atoms with Gasteiger partial charge >= 0.3 is 6.09 Å². The molecule has 3 fully saturated rings. The fraction of sp³-hybridized carbons (Fsp3) is 0.559. The highest BCUT2D eigenvalue weighted by atomic mass is 32.2. The van der Waals surface area contributed by atoms with Crippen LogP contribution < -0.4 is 20.1 Å². The quantitative estimate of drug-likeness (QED) is 0.379. The van der Waals surface area contributed by atoms with Gasteiger partial charge in [-0.15, -0.1) is 0 Å². The summed E-state index contributed by atoms with van der Waals surface area (Å²) in [6, 6.07) is 7.23. The van der Waals surface area contributed by atoms with Gasteiger partial charge in [0.15, 0.2) is 0 Å². The average molecular weight is 698 g/mol. The molecule has 2 saturated carbocycles. The summed E-state index contributed by atoms with van der Waals surface area (Å²) in [4.78, 5) is 60.7. The molecule has 1 saturated heterocycles. The Kier molecular flexibility index (Phi) is 9.59. The number of alkyl carbamates (subject to hydrolysis) is 1. The first-order valence-corrected chi connectivity index (χ1v) is 18.2. The summed E-state index contributed by atoms with van der Waals surface area (Å²) in [6.07, 6.45) is 5.42. The molecule has 3 heterocycles. The van der Waals surface area contributed by atoms with E-state index >= 15 is 0 Å². The minimum Gasteiger partial charge on any atom is -0.472 e. The first-order chi connectivity index (χ1) is 23.3. The molecule has 2 aliphatic carbocycles. The second kappa shape index (κ2) is 13.6. The smallest absolute Gasteiger partial charge is 0.408 e. The lowest BCUT2D eigenvalue weighted by Crippen LogP contribution is -2.58. The molecule has 15 heteroatoms. The normalized spacial score (nSPS) is 28.6. The van der Waals surface area contributed by atoms with Crippen LogP contribution in [0.5, 0.6) is 5.88 Å². The van der Waals surface area contributed by atoms with Crippen molar-refractivity contribution < 1.29 is 41.8 Å². The minimum absolute atomic E-state index is 0.0105. The average Bonchev–Trinajstić information content (AvgIpc) is 3.96. The number of carbonyl (C=O) groups excluding carboxylic acids is 4. The van der Waals surface area contributed by atoms with E-state index in [1.54, 1.807) is 39.1 Å². The third kappa shape index (κ3) is 7.99. The molecular formula is C34H43N5O9S. The maximum absolute atomic E-state index is 14.3. The van der Waals surface area contributed by atoms with Crippen molar-refractivity contribution >= 4 is 44.6 Å². The molecule has 0 bridgehead atoms. The predicted molar refractivity (Wildman–Crippen MR) is 178 cm³/mol. The van der Waals surface area contributed by atoms with Gasteiger partial charge in [0.1, 0.15) is 29.3 Å². The van der Waals surface area contributed by atoms with E-state index in [9.17, 15) is 27.6 Å². The standard InChI is InChI=1S/C34H43N5O9S/c1-33(2,3)48-32(43)36-26-11-7-17-46-16-6-9-22-19-34(22,31(42)38-49(44,45)24-12-13-24)37-28(40)27-18-23(20-39(27)30(26)41)47-29-25-10-5-4-8-21(25)14-15-35-29/h4-6,8-10,14-15,22-24,26-27H,7,11-13,16-20H2,1-3H3,(H,36,43)(H,37,40)(H,38,42)/b9-6-/t22-,23-,26+,27+,34-/m1/s1. The van der Waals surface area contributed by atoms with E-state index in [4.69, 9.17) is 14.2 Å². The predicted octanol–water partition coefficient (Wildman–Crippen LogP) is 2.33. The van der Waals surface area contributed by atoms with Crippen molar-refractivity contribution in [3.05, 3.63) is 48.7 Å². The van der Waals surface area contributed by atoms with Crippen molar-refractivity contribution in [1.29, 1.82) is 0 Å². The number of hydrogen-bond acceptors (Lipinski definition) is 10. The number of fused-ring (bicyclic) bond motifs is 3. The number of sulfonamides is 1. The Labute approximate surface area is 285 Å². The zero-order valence-corrected chi connectivity index (χ0v) is 28.7. The van der Waals surface area contributed by atoms with Crippen molar-refractivity contribution in [3.63, 3.8) is 0 Å². The van der Waals surface area contributed by atoms with Gasteiger partial charge in [0.2, 0.25) is 27.7 Å². The molecule has 3 N–H and O–H groups in total. The largest absolute Gasteiger partial charge is 0.472 e. The number of ether oxygens (including phenoxy) is 3.